The van der Waals surface area contributed by atoms with Crippen LogP contribution in [-0.2, 0) is 11.3 Å². The zero-order chi connectivity index (χ0) is 12.1. The summed E-state index contributed by atoms with van der Waals surface area (Å²) in [6.45, 7) is 3.40. The van der Waals surface area contributed by atoms with Crippen LogP contribution in [0.25, 0.3) is 0 Å². The van der Waals surface area contributed by atoms with Crippen LogP contribution in [0, 0.1) is 0 Å². The summed E-state index contributed by atoms with van der Waals surface area (Å²) in [6.07, 6.45) is 1.12. The van der Waals surface area contributed by atoms with E-state index in [4.69, 9.17) is 5.73 Å². The van der Waals surface area contributed by atoms with Crippen molar-refractivity contribution in [2.75, 3.05) is 0 Å². The Morgan fingerprint density at radius 2 is 2.19 bits per heavy atom. The third-order valence-electron chi connectivity index (χ3n) is 2.02. The number of para-hydroxylation sites is 1. The molecule has 0 fully saturated rings. The van der Waals surface area contributed by atoms with Gasteiger partial charge in [0, 0.05) is 12.1 Å². The maximum absolute atomic E-state index is 10.9. The molecule has 4 N–H and O–H groups in total. The highest BCUT2D eigenvalue weighted by atomic mass is 16.3. The minimum Gasteiger partial charge on any atom is -0.507 e. The van der Waals surface area contributed by atoms with Crippen LogP contribution in [0.15, 0.2) is 30.9 Å². The van der Waals surface area contributed by atoms with Crippen molar-refractivity contribution in [2.24, 2.45) is 5.73 Å². The highest BCUT2D eigenvalue weighted by Crippen LogP contribution is 2.21. The van der Waals surface area contributed by atoms with Crippen LogP contribution in [0.1, 0.15) is 15.9 Å². The molecule has 16 heavy (non-hydrogen) atoms. The molecular formula is C11H12N2O3. The number of carbonyl (C=O) groups is 2. The molecule has 1 aromatic rings. The van der Waals surface area contributed by atoms with Gasteiger partial charge in [-0.05, 0) is 12.1 Å². The van der Waals surface area contributed by atoms with Gasteiger partial charge >= 0.3 is 0 Å². The van der Waals surface area contributed by atoms with E-state index in [9.17, 15) is 14.7 Å². The van der Waals surface area contributed by atoms with Crippen molar-refractivity contribution in [3.05, 3.63) is 42.0 Å². The van der Waals surface area contributed by atoms with Gasteiger partial charge in [0.1, 0.15) is 5.75 Å². The molecule has 0 saturated carbocycles. The molecule has 84 valence electrons. The predicted octanol–water partition coefficient (Wildman–Crippen LogP) is 0.293. The molecule has 0 unspecified atom stereocenters. The first kappa shape index (κ1) is 11.8. The van der Waals surface area contributed by atoms with E-state index in [0.29, 0.717) is 5.56 Å². The number of nitrogens with two attached hydrogens (primary N) is 1. The molecule has 0 saturated heterocycles. The lowest BCUT2D eigenvalue weighted by Crippen LogP contribution is -2.20. The number of benzene rings is 1. The van der Waals surface area contributed by atoms with Crippen LogP contribution in [0.5, 0.6) is 5.75 Å². The largest absolute Gasteiger partial charge is 0.507 e. The quantitative estimate of drug-likeness (QED) is 0.637. The molecule has 0 spiro atoms. The topological polar surface area (TPSA) is 92.4 Å². The molecule has 0 aromatic heterocycles. The van der Waals surface area contributed by atoms with Gasteiger partial charge in [0.15, 0.2) is 0 Å². The lowest BCUT2D eigenvalue weighted by atomic mass is 10.1. The van der Waals surface area contributed by atoms with E-state index in [-0.39, 0.29) is 23.8 Å². The zero-order valence-electron chi connectivity index (χ0n) is 8.56. The lowest BCUT2D eigenvalue weighted by Gasteiger charge is -2.07. The van der Waals surface area contributed by atoms with E-state index < -0.39 is 5.91 Å². The van der Waals surface area contributed by atoms with Crippen LogP contribution < -0.4 is 11.1 Å². The van der Waals surface area contributed by atoms with Crippen LogP contribution in [0.4, 0.5) is 0 Å². The minimum atomic E-state index is -0.714. The molecule has 1 aromatic carbocycles. The summed E-state index contributed by atoms with van der Waals surface area (Å²) < 4.78 is 0. The minimum absolute atomic E-state index is 0.0327. The molecule has 5 nitrogen and oxygen atoms in total. The fraction of sp³-hybridized carbons (Fsp3) is 0.0909. The van der Waals surface area contributed by atoms with Gasteiger partial charge in [-0.1, -0.05) is 18.7 Å². The Morgan fingerprint density at radius 1 is 1.50 bits per heavy atom. The number of hydrogen-bond acceptors (Lipinski definition) is 3. The standard InChI is InChI=1S/C11H12N2O3/c1-2-9(14)13-6-7-4-3-5-8(10(7)15)11(12)16/h2-5,15H,1,6H2,(H2,12,16)(H,13,14). The normalized spacial score (nSPS) is 9.50. The maximum atomic E-state index is 10.9. The SMILES string of the molecule is C=CC(=O)NCc1cccc(C(N)=O)c1O. The van der Waals surface area contributed by atoms with Crippen molar-refractivity contribution in [1.29, 1.82) is 0 Å². The van der Waals surface area contributed by atoms with Crippen LogP contribution >= 0.6 is 0 Å². The summed E-state index contributed by atoms with van der Waals surface area (Å²) in [6, 6.07) is 4.58. The molecular weight excluding hydrogens is 208 g/mol. The first-order chi connectivity index (χ1) is 7.56. The molecule has 0 atom stereocenters. The molecule has 2 amide bonds. The molecule has 0 bridgehead atoms. The summed E-state index contributed by atoms with van der Waals surface area (Å²) in [7, 11) is 0. The van der Waals surface area contributed by atoms with Gasteiger partial charge in [0.25, 0.3) is 5.91 Å². The average Bonchev–Trinajstić information content (AvgIpc) is 2.26. The van der Waals surface area contributed by atoms with Gasteiger partial charge in [0.2, 0.25) is 5.91 Å². The van der Waals surface area contributed by atoms with Gasteiger partial charge in [-0.25, -0.2) is 0 Å². The van der Waals surface area contributed by atoms with Crippen LogP contribution in [0.3, 0.4) is 0 Å². The summed E-state index contributed by atoms with van der Waals surface area (Å²) in [5.41, 5.74) is 5.52. The molecule has 5 heteroatoms. The van der Waals surface area contributed by atoms with E-state index >= 15 is 0 Å². The Hall–Kier alpha value is -2.30. The highest BCUT2D eigenvalue weighted by Gasteiger charge is 2.11. The van der Waals surface area contributed by atoms with E-state index in [1.54, 1.807) is 12.1 Å². The Labute approximate surface area is 92.6 Å². The smallest absolute Gasteiger partial charge is 0.252 e. The number of amides is 2. The van der Waals surface area contributed by atoms with Gasteiger partial charge in [-0.15, -0.1) is 0 Å². The van der Waals surface area contributed by atoms with Gasteiger partial charge in [-0.2, -0.15) is 0 Å². The van der Waals surface area contributed by atoms with E-state index in [1.807, 2.05) is 0 Å². The molecule has 0 aliphatic carbocycles. The number of nitrogens with one attached hydrogen (secondary N) is 1. The van der Waals surface area contributed by atoms with Gasteiger partial charge < -0.3 is 16.2 Å². The first-order valence-electron chi connectivity index (χ1n) is 4.57. The zero-order valence-corrected chi connectivity index (χ0v) is 8.56. The molecule has 0 aliphatic heterocycles. The first-order valence-corrected chi connectivity index (χ1v) is 4.57. The van der Waals surface area contributed by atoms with E-state index in [0.717, 1.165) is 6.08 Å². The number of primary amides is 1. The Bertz CT molecular complexity index is 441. The monoisotopic (exact) mass is 220 g/mol. The molecule has 0 heterocycles. The number of rotatable bonds is 4. The van der Waals surface area contributed by atoms with Crippen molar-refractivity contribution in [3.63, 3.8) is 0 Å². The third-order valence-corrected chi connectivity index (χ3v) is 2.02. The van der Waals surface area contributed by atoms with Crippen molar-refractivity contribution in [2.45, 2.75) is 6.54 Å². The molecule has 0 aliphatic rings. The van der Waals surface area contributed by atoms with Crippen molar-refractivity contribution in [3.8, 4) is 5.75 Å². The second-order valence-electron chi connectivity index (χ2n) is 3.10. The summed E-state index contributed by atoms with van der Waals surface area (Å²) in [5.74, 6) is -1.28. The van der Waals surface area contributed by atoms with E-state index in [1.165, 1.54) is 6.07 Å². The van der Waals surface area contributed by atoms with Gasteiger partial charge in [-0.3, -0.25) is 9.59 Å². The number of carbonyl (C=O) groups excluding carboxylic acids is 2. The Kier molecular flexibility index (Phi) is 3.66. The second kappa shape index (κ2) is 4.97. The van der Waals surface area contributed by atoms with Crippen molar-refractivity contribution >= 4 is 11.8 Å². The highest BCUT2D eigenvalue weighted by molar-refractivity contribution is 5.96. The number of hydrogen-bond donors (Lipinski definition) is 3. The maximum Gasteiger partial charge on any atom is 0.252 e. The average molecular weight is 220 g/mol. The fourth-order valence-electron chi connectivity index (χ4n) is 1.19. The Morgan fingerprint density at radius 3 is 2.75 bits per heavy atom. The molecule has 1 rings (SSSR count). The number of phenols is 1. The Balaban J connectivity index is 2.89. The van der Waals surface area contributed by atoms with Crippen LogP contribution in [-0.4, -0.2) is 16.9 Å². The van der Waals surface area contributed by atoms with E-state index in [2.05, 4.69) is 11.9 Å². The lowest BCUT2D eigenvalue weighted by molar-refractivity contribution is -0.116. The van der Waals surface area contributed by atoms with Crippen molar-refractivity contribution < 1.29 is 14.7 Å². The number of aromatic hydroxyl groups is 1. The predicted molar refractivity (Wildman–Crippen MR) is 58.7 cm³/mol. The third kappa shape index (κ3) is 2.60. The van der Waals surface area contributed by atoms with Crippen molar-refractivity contribution in [1.82, 2.24) is 5.32 Å². The second-order valence-corrected chi connectivity index (χ2v) is 3.10. The summed E-state index contributed by atoms with van der Waals surface area (Å²) >= 11 is 0. The van der Waals surface area contributed by atoms with Gasteiger partial charge in [0.05, 0.1) is 5.56 Å². The summed E-state index contributed by atoms with van der Waals surface area (Å²) in [5, 5.41) is 12.2. The summed E-state index contributed by atoms with van der Waals surface area (Å²) in [4.78, 5) is 21.8. The molecule has 0 radical (unpaired) electrons. The fourth-order valence-corrected chi connectivity index (χ4v) is 1.19. The van der Waals surface area contributed by atoms with Crippen LogP contribution in [0.2, 0.25) is 0 Å².